The third-order valence-electron chi connectivity index (χ3n) is 9.41. The first-order chi connectivity index (χ1) is 24.4. The summed E-state index contributed by atoms with van der Waals surface area (Å²) in [5, 5.41) is 1.98. The Morgan fingerprint density at radius 3 is 0.900 bits per heavy atom. The van der Waals surface area contributed by atoms with Gasteiger partial charge in [-0.15, -0.1) is 0 Å². The van der Waals surface area contributed by atoms with Crippen LogP contribution in [0.3, 0.4) is 0 Å². The molecule has 2 atom stereocenters. The first-order valence-electron chi connectivity index (χ1n) is 16.2. The van der Waals surface area contributed by atoms with Gasteiger partial charge in [0.05, 0.1) is 0 Å². The fourth-order valence-electron chi connectivity index (χ4n) is 7.29. The maximum Gasteiger partial charge on any atom is 0.489 e. The minimum absolute atomic E-state index is 0.495. The number of halogens is 4. The van der Waals surface area contributed by atoms with E-state index in [2.05, 4.69) is 0 Å². The van der Waals surface area contributed by atoms with Gasteiger partial charge in [0, 0.05) is 42.3 Å². The lowest BCUT2D eigenvalue weighted by Gasteiger charge is -2.37. The van der Waals surface area contributed by atoms with E-state index in [1.54, 1.807) is 0 Å². The average molecular weight is 736 g/mol. The van der Waals surface area contributed by atoms with Crippen molar-refractivity contribution in [2.75, 3.05) is 0 Å². The van der Waals surface area contributed by atoms with Crippen molar-refractivity contribution in [1.29, 1.82) is 0 Å². The maximum atomic E-state index is 7.24. The van der Waals surface area contributed by atoms with Crippen LogP contribution in [0, 0.1) is 0 Å². The summed E-state index contributed by atoms with van der Waals surface area (Å²) < 4.78 is 28.5. The van der Waals surface area contributed by atoms with Crippen LogP contribution in [0.25, 0.3) is 0 Å². The van der Waals surface area contributed by atoms with Gasteiger partial charge in [-0.1, -0.05) is 180 Å². The second-order valence-corrected chi connectivity index (χ2v) is 13.8. The first-order valence-corrected chi connectivity index (χ1v) is 17.7. The van der Waals surface area contributed by atoms with Crippen LogP contribution in [-0.4, -0.2) is 14.0 Å². The van der Waals surface area contributed by atoms with E-state index in [1.807, 2.05) is 158 Å². The van der Waals surface area contributed by atoms with Crippen molar-refractivity contribution in [3.05, 3.63) is 211 Å². The van der Waals surface area contributed by atoms with E-state index in [0.717, 1.165) is 11.1 Å². The molecule has 8 rings (SSSR count). The highest BCUT2D eigenvalue weighted by Crippen LogP contribution is 2.59. The number of rotatable bonds is 7. The van der Waals surface area contributed by atoms with Crippen molar-refractivity contribution in [2.24, 2.45) is 0 Å². The summed E-state index contributed by atoms with van der Waals surface area (Å²) in [7, 11) is -2.16. The van der Waals surface area contributed by atoms with Gasteiger partial charge in [-0.3, -0.25) is 0 Å². The molecule has 0 N–H and O–H groups in total. The van der Waals surface area contributed by atoms with Gasteiger partial charge in [0.15, 0.2) is 0 Å². The van der Waals surface area contributed by atoms with Crippen LogP contribution in [0.2, 0.25) is 20.1 Å². The van der Waals surface area contributed by atoms with Crippen molar-refractivity contribution < 1.29 is 18.6 Å². The predicted molar refractivity (Wildman–Crippen MR) is 202 cm³/mol. The monoisotopic (exact) mass is 734 g/mol. The van der Waals surface area contributed by atoms with Crippen molar-refractivity contribution >= 4 is 60.4 Å². The Morgan fingerprint density at radius 1 is 0.360 bits per heavy atom. The molecular formula is C40H28B2Cl4O4. The minimum atomic E-state index is -1.31. The third kappa shape index (κ3) is 5.60. The quantitative estimate of drug-likeness (QED) is 0.153. The van der Waals surface area contributed by atoms with Crippen molar-refractivity contribution in [2.45, 2.75) is 23.4 Å². The van der Waals surface area contributed by atoms with Crippen molar-refractivity contribution in [3.8, 4) is 0 Å². The summed E-state index contributed by atoms with van der Waals surface area (Å²) in [5.41, 5.74) is 1.85. The zero-order valence-corrected chi connectivity index (χ0v) is 29.5. The van der Waals surface area contributed by atoms with Gasteiger partial charge >= 0.3 is 14.0 Å². The Hall–Kier alpha value is -3.55. The molecule has 0 aromatic heterocycles. The average Bonchev–Trinajstić information content (AvgIpc) is 3.75. The van der Waals surface area contributed by atoms with E-state index in [0.29, 0.717) is 42.3 Å². The highest BCUT2D eigenvalue weighted by molar-refractivity contribution is 7.11. The zero-order chi connectivity index (χ0) is 34.3. The summed E-state index contributed by atoms with van der Waals surface area (Å²) in [5.74, 6) is 0. The molecule has 0 saturated carbocycles. The number of hydrogen-bond donors (Lipinski definition) is 0. The van der Waals surface area contributed by atoms with E-state index < -0.39 is 37.4 Å². The lowest BCUT2D eigenvalue weighted by atomic mass is 9.49. The molecule has 2 heterocycles. The van der Waals surface area contributed by atoms with E-state index in [1.165, 1.54) is 0 Å². The van der Waals surface area contributed by atoms with Gasteiger partial charge < -0.3 is 18.6 Å². The Morgan fingerprint density at radius 2 is 0.620 bits per heavy atom. The Balaban J connectivity index is 1.34. The van der Waals surface area contributed by atoms with E-state index in [4.69, 9.17) is 65.0 Å². The summed E-state index contributed by atoms with van der Waals surface area (Å²) >= 11 is 28.1. The second kappa shape index (κ2) is 13.9. The molecule has 246 valence electrons. The van der Waals surface area contributed by atoms with Crippen molar-refractivity contribution in [1.82, 2.24) is 0 Å². The Labute approximate surface area is 312 Å². The second-order valence-electron chi connectivity index (χ2n) is 12.2. The van der Waals surface area contributed by atoms with Crippen LogP contribution >= 0.6 is 46.4 Å². The SMILES string of the molecule is Clc1ccccc1C1(c2ccccc2Cl)OB(B2O[C@@H](c3ccccc3)C(c3ccccc3Cl)(c3ccccc3Cl)O2)O[C@H]1c1ccccc1. The summed E-state index contributed by atoms with van der Waals surface area (Å²) in [6.45, 7) is 0. The van der Waals surface area contributed by atoms with Gasteiger partial charge in [-0.25, -0.2) is 0 Å². The standard InChI is InChI=1S/C40H28B2Cl4O4/c43-33-23-11-7-19-29(33)39(30-20-8-12-24-34(30)44)37(27-15-3-1-4-16-27)47-41(49-39)42-48-38(28-17-5-2-6-18-28)40(50-42,31-21-9-13-25-35(31)45)32-22-10-14-26-36(32)46/h1-26,37-38H/t37-,38-/m0/s1. The number of hydrogen-bond acceptors (Lipinski definition) is 4. The van der Waals surface area contributed by atoms with Gasteiger partial charge in [-0.05, 0) is 35.4 Å². The predicted octanol–water partition coefficient (Wildman–Crippen LogP) is 11.1. The molecule has 6 aromatic rings. The highest BCUT2D eigenvalue weighted by Gasteiger charge is 2.66. The van der Waals surface area contributed by atoms with Gasteiger partial charge in [0.2, 0.25) is 0 Å². The molecule has 0 amide bonds. The normalized spacial score (nSPS) is 19.5. The summed E-state index contributed by atoms with van der Waals surface area (Å²) in [4.78, 5) is 0. The van der Waals surface area contributed by atoms with E-state index >= 15 is 0 Å². The third-order valence-corrected chi connectivity index (χ3v) is 10.7. The topological polar surface area (TPSA) is 36.9 Å². The van der Waals surface area contributed by atoms with Gasteiger partial charge in [0.25, 0.3) is 0 Å². The van der Waals surface area contributed by atoms with Gasteiger partial charge in [0.1, 0.15) is 23.4 Å². The molecule has 50 heavy (non-hydrogen) atoms. The summed E-state index contributed by atoms with van der Waals surface area (Å²) in [6.07, 6.45) is -1.43. The van der Waals surface area contributed by atoms with Crippen LogP contribution in [0.5, 0.6) is 0 Å². The molecule has 0 spiro atoms. The van der Waals surface area contributed by atoms with E-state index in [9.17, 15) is 0 Å². The maximum absolute atomic E-state index is 7.24. The molecule has 0 unspecified atom stereocenters. The van der Waals surface area contributed by atoms with Crippen LogP contribution < -0.4 is 0 Å². The zero-order valence-electron chi connectivity index (χ0n) is 26.5. The lowest BCUT2D eigenvalue weighted by molar-refractivity contribution is 0.0720. The van der Waals surface area contributed by atoms with Crippen LogP contribution in [0.1, 0.15) is 45.6 Å². The Kier molecular flexibility index (Phi) is 9.32. The molecule has 10 heteroatoms. The molecule has 4 nitrogen and oxygen atoms in total. The van der Waals surface area contributed by atoms with Crippen molar-refractivity contribution in [3.63, 3.8) is 0 Å². The Bertz CT molecular complexity index is 1890. The fourth-order valence-corrected chi connectivity index (χ4v) is 8.39. The molecule has 2 aliphatic rings. The number of benzene rings is 6. The molecule has 0 aliphatic carbocycles. The van der Waals surface area contributed by atoms with E-state index in [-0.39, 0.29) is 0 Å². The first kappa shape index (κ1) is 33.6. The van der Waals surface area contributed by atoms with Crippen LogP contribution in [-0.2, 0) is 29.8 Å². The molecular weight excluding hydrogens is 708 g/mol. The molecule has 2 saturated heterocycles. The fraction of sp³-hybridized carbons (Fsp3) is 0.100. The molecule has 0 radical (unpaired) electrons. The minimum Gasteiger partial charge on any atom is -0.403 e. The molecule has 2 fully saturated rings. The van der Waals surface area contributed by atoms with Crippen LogP contribution in [0.4, 0.5) is 0 Å². The molecule has 6 aromatic carbocycles. The smallest absolute Gasteiger partial charge is 0.403 e. The molecule has 0 bridgehead atoms. The summed E-state index contributed by atoms with van der Waals surface area (Å²) in [6, 6.07) is 50.1. The largest absolute Gasteiger partial charge is 0.489 e. The molecule has 2 aliphatic heterocycles. The van der Waals surface area contributed by atoms with Gasteiger partial charge in [-0.2, -0.15) is 0 Å². The van der Waals surface area contributed by atoms with Crippen LogP contribution in [0.15, 0.2) is 158 Å². The lowest BCUT2D eigenvalue weighted by Crippen LogP contribution is -2.43. The highest BCUT2D eigenvalue weighted by atomic mass is 35.5.